The standard InChI is InChI=1S/C35H33Cl3F3N3O4S/c1-2-3-19-42-34(46)32(20-24-11-6-4-7-12-24)43(22-27-29(36)15-10-16-30(27)37)33(45)23-44(49(47,48)26-13-8-5-9-14-26)25-17-18-31(38)28(21-25)35(39,40)41/h4-18,21,32H,2-3,19-20,22-23H2,1H3,(H,42,46)/t32-/m1/s1. The summed E-state index contributed by atoms with van der Waals surface area (Å²) in [7, 11) is -4.65. The molecule has 0 bridgehead atoms. The van der Waals surface area contributed by atoms with Crippen LogP contribution in [0.4, 0.5) is 18.9 Å². The monoisotopic (exact) mass is 753 g/mol. The molecule has 0 aliphatic rings. The van der Waals surface area contributed by atoms with Gasteiger partial charge >= 0.3 is 6.18 Å². The van der Waals surface area contributed by atoms with Gasteiger partial charge in [-0.25, -0.2) is 8.42 Å². The van der Waals surface area contributed by atoms with Crippen LogP contribution in [0.5, 0.6) is 0 Å². The van der Waals surface area contributed by atoms with Crippen LogP contribution in [0.25, 0.3) is 0 Å². The minimum atomic E-state index is -4.93. The van der Waals surface area contributed by atoms with Crippen LogP contribution in [-0.2, 0) is 38.8 Å². The third kappa shape index (κ3) is 9.69. The maximum atomic E-state index is 14.6. The fourth-order valence-corrected chi connectivity index (χ4v) is 7.22. The average Bonchev–Trinajstić information content (AvgIpc) is 3.07. The van der Waals surface area contributed by atoms with E-state index < -0.39 is 56.9 Å². The summed E-state index contributed by atoms with van der Waals surface area (Å²) in [5, 5.41) is 2.59. The number of carbonyl (C=O) groups excluding carboxylic acids is 2. The van der Waals surface area contributed by atoms with Crippen molar-refractivity contribution in [1.82, 2.24) is 10.2 Å². The van der Waals surface area contributed by atoms with E-state index in [9.17, 15) is 31.2 Å². The minimum absolute atomic E-state index is 0.0250. The average molecular weight is 755 g/mol. The van der Waals surface area contributed by atoms with E-state index in [2.05, 4.69) is 5.32 Å². The van der Waals surface area contributed by atoms with Gasteiger partial charge < -0.3 is 10.2 Å². The summed E-state index contributed by atoms with van der Waals surface area (Å²) in [6, 6.07) is 21.9. The number of alkyl halides is 3. The number of benzene rings is 4. The summed E-state index contributed by atoms with van der Waals surface area (Å²) in [6.45, 7) is 0.968. The number of hydrogen-bond acceptors (Lipinski definition) is 4. The zero-order valence-electron chi connectivity index (χ0n) is 26.3. The fraction of sp³-hybridized carbons (Fsp3) is 0.257. The molecule has 260 valence electrons. The topological polar surface area (TPSA) is 86.8 Å². The highest BCUT2D eigenvalue weighted by Gasteiger charge is 2.38. The Balaban J connectivity index is 1.87. The molecule has 0 fully saturated rings. The molecular formula is C35H33Cl3F3N3O4S. The summed E-state index contributed by atoms with van der Waals surface area (Å²) in [5.41, 5.74) is -0.759. The van der Waals surface area contributed by atoms with Gasteiger partial charge in [-0.1, -0.05) is 103 Å². The summed E-state index contributed by atoms with van der Waals surface area (Å²) < 4.78 is 70.6. The van der Waals surface area contributed by atoms with Gasteiger partial charge in [0.1, 0.15) is 12.6 Å². The van der Waals surface area contributed by atoms with Gasteiger partial charge in [0.05, 0.1) is 21.2 Å². The van der Waals surface area contributed by atoms with Crippen molar-refractivity contribution in [3.8, 4) is 0 Å². The van der Waals surface area contributed by atoms with Gasteiger partial charge in [-0.05, 0) is 54.4 Å². The Morgan fingerprint density at radius 2 is 1.45 bits per heavy atom. The van der Waals surface area contributed by atoms with Gasteiger partial charge in [0, 0.05) is 35.1 Å². The third-order valence-electron chi connectivity index (χ3n) is 7.64. The Morgan fingerprint density at radius 3 is 2.04 bits per heavy atom. The SMILES string of the molecule is CCCCNC(=O)[C@@H](Cc1ccccc1)N(Cc1c(Cl)cccc1Cl)C(=O)CN(c1ccc(Cl)c(C(F)(F)F)c1)S(=O)(=O)c1ccccc1. The molecular weight excluding hydrogens is 722 g/mol. The van der Waals surface area contributed by atoms with Crippen molar-refractivity contribution < 1.29 is 31.2 Å². The van der Waals surface area contributed by atoms with Crippen LogP contribution in [0.1, 0.15) is 36.5 Å². The first kappa shape index (κ1) is 38.0. The molecule has 4 rings (SSSR count). The predicted octanol–water partition coefficient (Wildman–Crippen LogP) is 8.42. The van der Waals surface area contributed by atoms with Crippen molar-refractivity contribution in [2.75, 3.05) is 17.4 Å². The molecule has 2 amide bonds. The lowest BCUT2D eigenvalue weighted by Gasteiger charge is -2.34. The van der Waals surface area contributed by atoms with Gasteiger partial charge in [-0.15, -0.1) is 0 Å². The van der Waals surface area contributed by atoms with E-state index >= 15 is 0 Å². The molecule has 4 aromatic rings. The quantitative estimate of drug-likeness (QED) is 0.131. The molecule has 0 saturated heterocycles. The first-order chi connectivity index (χ1) is 23.2. The Bertz CT molecular complexity index is 1840. The van der Waals surface area contributed by atoms with E-state index in [4.69, 9.17) is 34.8 Å². The Kier molecular flexibility index (Phi) is 13.0. The number of halogens is 6. The van der Waals surface area contributed by atoms with Crippen LogP contribution in [0.3, 0.4) is 0 Å². The third-order valence-corrected chi connectivity index (χ3v) is 10.5. The van der Waals surface area contributed by atoms with Crippen LogP contribution >= 0.6 is 34.8 Å². The summed E-state index contributed by atoms with van der Waals surface area (Å²) in [6.07, 6.45) is -3.45. The molecule has 0 saturated carbocycles. The molecule has 0 heterocycles. The number of unbranched alkanes of at least 4 members (excludes halogenated alkanes) is 1. The van der Waals surface area contributed by atoms with Crippen molar-refractivity contribution in [2.45, 2.75) is 49.8 Å². The molecule has 0 radical (unpaired) electrons. The van der Waals surface area contributed by atoms with Crippen molar-refractivity contribution in [3.05, 3.63) is 129 Å². The van der Waals surface area contributed by atoms with Crippen molar-refractivity contribution in [1.29, 1.82) is 0 Å². The maximum absolute atomic E-state index is 14.6. The summed E-state index contributed by atoms with van der Waals surface area (Å²) in [4.78, 5) is 29.3. The molecule has 49 heavy (non-hydrogen) atoms. The zero-order chi connectivity index (χ0) is 35.8. The maximum Gasteiger partial charge on any atom is 0.417 e. The highest BCUT2D eigenvalue weighted by Crippen LogP contribution is 2.38. The van der Waals surface area contributed by atoms with Crippen molar-refractivity contribution in [2.24, 2.45) is 0 Å². The van der Waals surface area contributed by atoms with E-state index in [0.717, 1.165) is 23.5 Å². The van der Waals surface area contributed by atoms with Crippen LogP contribution in [0.15, 0.2) is 102 Å². The Morgan fingerprint density at radius 1 is 0.837 bits per heavy atom. The molecule has 0 spiro atoms. The van der Waals surface area contributed by atoms with Crippen LogP contribution in [0.2, 0.25) is 15.1 Å². The van der Waals surface area contributed by atoms with E-state index in [0.29, 0.717) is 34.5 Å². The Hall–Kier alpha value is -3.77. The van der Waals surface area contributed by atoms with Gasteiger partial charge in [-0.3, -0.25) is 13.9 Å². The van der Waals surface area contributed by atoms with Gasteiger partial charge in [-0.2, -0.15) is 13.2 Å². The molecule has 0 aliphatic carbocycles. The number of nitrogens with one attached hydrogen (secondary N) is 1. The second-order valence-electron chi connectivity index (χ2n) is 11.1. The van der Waals surface area contributed by atoms with Crippen LogP contribution in [-0.4, -0.2) is 44.3 Å². The van der Waals surface area contributed by atoms with E-state index in [1.165, 1.54) is 24.3 Å². The second-order valence-corrected chi connectivity index (χ2v) is 14.1. The minimum Gasteiger partial charge on any atom is -0.354 e. The molecule has 0 aliphatic heterocycles. The van der Waals surface area contributed by atoms with E-state index in [1.807, 2.05) is 6.92 Å². The number of hydrogen-bond donors (Lipinski definition) is 1. The molecule has 1 atom stereocenters. The lowest BCUT2D eigenvalue weighted by molar-refractivity contribution is -0.140. The van der Waals surface area contributed by atoms with Crippen molar-refractivity contribution >= 4 is 62.3 Å². The highest BCUT2D eigenvalue weighted by atomic mass is 35.5. The molecule has 14 heteroatoms. The Labute approximate surface area is 298 Å². The lowest BCUT2D eigenvalue weighted by atomic mass is 10.0. The molecule has 1 N–H and O–H groups in total. The van der Waals surface area contributed by atoms with Gasteiger partial charge in [0.25, 0.3) is 10.0 Å². The molecule has 0 aromatic heterocycles. The number of amides is 2. The number of rotatable bonds is 14. The number of sulfonamides is 1. The molecule has 4 aromatic carbocycles. The lowest BCUT2D eigenvalue weighted by Crippen LogP contribution is -2.53. The van der Waals surface area contributed by atoms with Crippen LogP contribution in [0, 0.1) is 0 Å². The molecule has 7 nitrogen and oxygen atoms in total. The summed E-state index contributed by atoms with van der Waals surface area (Å²) >= 11 is 18.9. The number of nitrogens with zero attached hydrogens (tertiary/aromatic N) is 2. The largest absolute Gasteiger partial charge is 0.417 e. The zero-order valence-corrected chi connectivity index (χ0v) is 29.3. The second kappa shape index (κ2) is 16.8. The van der Waals surface area contributed by atoms with Gasteiger partial charge in [0.15, 0.2) is 0 Å². The van der Waals surface area contributed by atoms with Gasteiger partial charge in [0.2, 0.25) is 11.8 Å². The number of anilines is 1. The fourth-order valence-electron chi connectivity index (χ4n) is 5.05. The van der Waals surface area contributed by atoms with Crippen molar-refractivity contribution in [3.63, 3.8) is 0 Å². The normalized spacial score (nSPS) is 12.3. The number of carbonyl (C=O) groups is 2. The first-order valence-corrected chi connectivity index (χ1v) is 17.8. The van der Waals surface area contributed by atoms with E-state index in [1.54, 1.807) is 54.6 Å². The smallest absolute Gasteiger partial charge is 0.354 e. The summed E-state index contributed by atoms with van der Waals surface area (Å²) in [5.74, 6) is -1.41. The highest BCUT2D eigenvalue weighted by molar-refractivity contribution is 7.92. The molecule has 0 unspecified atom stereocenters. The first-order valence-electron chi connectivity index (χ1n) is 15.2. The van der Waals surface area contributed by atoms with E-state index in [-0.39, 0.29) is 27.9 Å². The predicted molar refractivity (Wildman–Crippen MR) is 186 cm³/mol. The van der Waals surface area contributed by atoms with Crippen LogP contribution < -0.4 is 9.62 Å².